The Hall–Kier alpha value is -9.70. The topological polar surface area (TPSA) is 6.48 Å². The van der Waals surface area contributed by atoms with Gasteiger partial charge in [0.25, 0.3) is 0 Å². The minimum absolute atomic E-state index is 0.0759. The van der Waals surface area contributed by atoms with Crippen molar-refractivity contribution in [3.63, 3.8) is 0 Å². The van der Waals surface area contributed by atoms with Crippen LogP contribution in [0.3, 0.4) is 0 Å². The molecule has 0 amide bonds. The standard InChI is InChI=1S/C81H65BN2/c1-79(2,3)62-47-60(48-63(53-62)80(4,5)6)61-50-70-77-76(52-61)84(78-65(56-31-16-9-17-32-56)37-26-38-66(78)57-33-18-10-19-34-57)75-51-59(55-29-14-8-15-30-55)44-46-72(75)82(77)71-45-43-58(54-27-12-7-13-28-54)49-69(71)81(70)67-39-22-24-41-73(67)83(64-35-20-11-21-36-64)74-42-25-23-40-68(74)81/h7-53H,1-6H3/i7D,8D,12D,13D,14D,15D,27D,28D,29D,30D. The molecule has 0 saturated carbocycles. The first-order valence-electron chi connectivity index (χ1n) is 34.0. The lowest BCUT2D eigenvalue weighted by atomic mass is 9.29. The maximum atomic E-state index is 9.55. The molecule has 0 aliphatic carbocycles. The molecule has 2 nitrogen and oxygen atoms in total. The van der Waals surface area contributed by atoms with Crippen LogP contribution in [0.25, 0.3) is 55.6 Å². The predicted octanol–water partition coefficient (Wildman–Crippen LogP) is 19.4. The van der Waals surface area contributed by atoms with Gasteiger partial charge in [-0.2, -0.15) is 0 Å². The molecular formula is C81H65BN2. The Kier molecular flexibility index (Phi) is 9.71. The highest BCUT2D eigenvalue weighted by Crippen LogP contribution is 2.60. The van der Waals surface area contributed by atoms with Crippen LogP contribution in [0.4, 0.5) is 34.1 Å². The first kappa shape index (κ1) is 41.3. The monoisotopic (exact) mass is 1090 g/mol. The quantitative estimate of drug-likeness (QED) is 0.147. The van der Waals surface area contributed by atoms with Crippen LogP contribution >= 0.6 is 0 Å². The summed E-state index contributed by atoms with van der Waals surface area (Å²) >= 11 is 0. The Balaban J connectivity index is 1.19. The number of benzene rings is 12. The Morgan fingerprint density at radius 3 is 1.35 bits per heavy atom. The van der Waals surface area contributed by atoms with Gasteiger partial charge in [0, 0.05) is 28.2 Å². The summed E-state index contributed by atoms with van der Waals surface area (Å²) < 4.78 is 91.7. The fourth-order valence-electron chi connectivity index (χ4n) is 13.6. The molecule has 0 aromatic heterocycles. The molecule has 0 saturated heterocycles. The zero-order valence-corrected chi connectivity index (χ0v) is 47.8. The second-order valence-electron chi connectivity index (χ2n) is 24.5. The molecule has 3 heteroatoms. The Bertz CT molecular complexity index is 4940. The van der Waals surface area contributed by atoms with Crippen LogP contribution in [0.15, 0.2) is 285 Å². The first-order chi connectivity index (χ1) is 45.1. The average molecular weight is 1090 g/mol. The van der Waals surface area contributed by atoms with E-state index in [-0.39, 0.29) is 46.1 Å². The fourth-order valence-corrected chi connectivity index (χ4v) is 13.6. The third-order valence-electron chi connectivity index (χ3n) is 17.6. The van der Waals surface area contributed by atoms with E-state index in [0.29, 0.717) is 11.1 Å². The highest BCUT2D eigenvalue weighted by molar-refractivity contribution is 6.99. The van der Waals surface area contributed by atoms with Crippen molar-refractivity contribution in [1.82, 2.24) is 0 Å². The summed E-state index contributed by atoms with van der Waals surface area (Å²) in [6.07, 6.45) is 0. The lowest BCUT2D eigenvalue weighted by molar-refractivity contribution is 0.569. The summed E-state index contributed by atoms with van der Waals surface area (Å²) in [7, 11) is 0. The summed E-state index contributed by atoms with van der Waals surface area (Å²) in [6, 6.07) is 74.8. The van der Waals surface area contributed by atoms with Crippen molar-refractivity contribution < 1.29 is 13.7 Å². The SMILES string of the molecule is [2H]c1c([2H])c([2H])c(-c2ccc3c(c2)N(c2c(-c4ccccc4)cccc2-c2ccccc2)c2cc(-c4cc(C(C)(C)C)cc(C(C)(C)C)c4)cc4c2B3c2ccc(-c3c([2H])c([2H])c([2H])c([2H])c3[2H])cc2C42c3ccccc3N(c3ccccc3)c3ccccc32)c([2H])c1[2H]. The molecule has 1 spiro atoms. The molecule has 0 fully saturated rings. The molecule has 0 radical (unpaired) electrons. The van der Waals surface area contributed by atoms with Gasteiger partial charge in [0.15, 0.2) is 0 Å². The van der Waals surface area contributed by atoms with Crippen LogP contribution in [-0.4, -0.2) is 6.71 Å². The van der Waals surface area contributed by atoms with Gasteiger partial charge in [-0.15, -0.1) is 0 Å². The molecule has 0 bridgehead atoms. The van der Waals surface area contributed by atoms with Gasteiger partial charge in [-0.1, -0.05) is 289 Å². The van der Waals surface area contributed by atoms with Gasteiger partial charge in [-0.3, -0.25) is 0 Å². The van der Waals surface area contributed by atoms with E-state index < -0.39 is 48.4 Å². The van der Waals surface area contributed by atoms with Crippen molar-refractivity contribution in [2.24, 2.45) is 0 Å². The third kappa shape index (κ3) is 8.16. The van der Waals surface area contributed by atoms with Gasteiger partial charge >= 0.3 is 0 Å². The lowest BCUT2D eigenvalue weighted by Gasteiger charge is -2.52. The first-order valence-corrected chi connectivity index (χ1v) is 29.0. The van der Waals surface area contributed by atoms with Crippen LogP contribution in [0, 0.1) is 0 Å². The van der Waals surface area contributed by atoms with Gasteiger partial charge in [0.2, 0.25) is 6.71 Å². The van der Waals surface area contributed by atoms with Gasteiger partial charge < -0.3 is 9.80 Å². The van der Waals surface area contributed by atoms with Crippen molar-refractivity contribution in [3.8, 4) is 55.6 Å². The van der Waals surface area contributed by atoms with Crippen LogP contribution in [-0.2, 0) is 16.2 Å². The minimum atomic E-state index is -1.22. The average Bonchev–Trinajstić information content (AvgIpc) is 0.662. The molecular weight excluding hydrogens is 1010 g/mol. The number of hydrogen-bond acceptors (Lipinski definition) is 2. The number of anilines is 6. The maximum absolute atomic E-state index is 9.55. The van der Waals surface area contributed by atoms with Gasteiger partial charge in [-0.25, -0.2) is 0 Å². The predicted molar refractivity (Wildman–Crippen MR) is 357 cm³/mol. The third-order valence-corrected chi connectivity index (χ3v) is 17.6. The molecule has 0 N–H and O–H groups in total. The molecule has 0 atom stereocenters. The van der Waals surface area contributed by atoms with E-state index in [0.717, 1.165) is 106 Å². The van der Waals surface area contributed by atoms with E-state index >= 15 is 0 Å². The summed E-state index contributed by atoms with van der Waals surface area (Å²) in [5.74, 6) is 0. The van der Waals surface area contributed by atoms with Crippen molar-refractivity contribution in [2.75, 3.05) is 9.80 Å². The van der Waals surface area contributed by atoms with Crippen molar-refractivity contribution in [1.29, 1.82) is 0 Å². The molecule has 12 aromatic rings. The second-order valence-corrected chi connectivity index (χ2v) is 24.5. The normalized spacial score (nSPS) is 15.3. The number of fused-ring (bicyclic) bond motifs is 10. The van der Waals surface area contributed by atoms with E-state index in [4.69, 9.17) is 8.22 Å². The molecule has 3 aliphatic heterocycles. The van der Waals surface area contributed by atoms with Crippen molar-refractivity contribution in [3.05, 3.63) is 318 Å². The Morgan fingerprint density at radius 1 is 0.333 bits per heavy atom. The highest BCUT2D eigenvalue weighted by atomic mass is 15.2. The highest BCUT2D eigenvalue weighted by Gasteiger charge is 2.55. The second kappa shape index (κ2) is 19.7. The number of rotatable bonds is 7. The molecule has 3 heterocycles. The molecule has 84 heavy (non-hydrogen) atoms. The number of nitrogens with zero attached hydrogens (tertiary/aromatic N) is 2. The minimum Gasteiger partial charge on any atom is -0.310 e. The smallest absolute Gasteiger partial charge is 0.247 e. The molecule has 3 aliphatic rings. The van der Waals surface area contributed by atoms with E-state index in [2.05, 4.69) is 239 Å². The molecule has 12 aromatic carbocycles. The molecule has 15 rings (SSSR count). The fraction of sp³-hybridized carbons (Fsp3) is 0.111. The van der Waals surface area contributed by atoms with Crippen molar-refractivity contribution in [2.45, 2.75) is 57.8 Å². The Morgan fingerprint density at radius 2 is 0.798 bits per heavy atom. The van der Waals surface area contributed by atoms with Crippen LogP contribution in [0.5, 0.6) is 0 Å². The van der Waals surface area contributed by atoms with Crippen LogP contribution < -0.4 is 26.2 Å². The zero-order chi connectivity index (χ0) is 65.6. The van der Waals surface area contributed by atoms with E-state index in [9.17, 15) is 5.48 Å². The molecule has 0 unspecified atom stereocenters. The summed E-state index contributed by atoms with van der Waals surface area (Å²) in [5, 5.41) is 0. The maximum Gasteiger partial charge on any atom is 0.247 e. The Labute approximate surface area is 510 Å². The van der Waals surface area contributed by atoms with Gasteiger partial charge in [0.1, 0.15) is 0 Å². The summed E-state index contributed by atoms with van der Waals surface area (Å²) in [5.41, 5.74) is 19.2. The molecule has 402 valence electrons. The van der Waals surface area contributed by atoms with Crippen LogP contribution in [0.1, 0.15) is 88.6 Å². The summed E-state index contributed by atoms with van der Waals surface area (Å²) in [4.78, 5) is 4.73. The number of para-hydroxylation sites is 4. The van der Waals surface area contributed by atoms with Crippen LogP contribution in [0.2, 0.25) is 0 Å². The van der Waals surface area contributed by atoms with Crippen molar-refractivity contribution >= 4 is 57.2 Å². The van der Waals surface area contributed by atoms with E-state index in [1.807, 2.05) is 36.4 Å². The summed E-state index contributed by atoms with van der Waals surface area (Å²) in [6.45, 7) is 13.0. The van der Waals surface area contributed by atoms with E-state index in [1.54, 1.807) is 0 Å². The van der Waals surface area contributed by atoms with E-state index in [1.165, 1.54) is 11.1 Å². The largest absolute Gasteiger partial charge is 0.310 e. The van der Waals surface area contributed by atoms with Gasteiger partial charge in [0.05, 0.1) is 36.2 Å². The zero-order valence-electron chi connectivity index (χ0n) is 57.8. The number of hydrogen-bond donors (Lipinski definition) is 0. The lowest BCUT2D eigenvalue weighted by Crippen LogP contribution is -2.65. The van der Waals surface area contributed by atoms with Gasteiger partial charge in [-0.05, 0) is 142 Å².